The molecule has 0 aliphatic heterocycles. The highest BCUT2D eigenvalue weighted by molar-refractivity contribution is 5.89. The van der Waals surface area contributed by atoms with Crippen LogP contribution in [0.4, 0.5) is 13.6 Å². The van der Waals surface area contributed by atoms with Crippen LogP contribution in [-0.4, -0.2) is 61.9 Å². The highest BCUT2D eigenvalue weighted by atomic mass is 19.3. The number of carboxylic acids is 1. The summed E-state index contributed by atoms with van der Waals surface area (Å²) in [5.41, 5.74) is 4.15. The van der Waals surface area contributed by atoms with Crippen LogP contribution < -0.4 is 10.6 Å². The number of aliphatic carboxylic acids is 1. The summed E-state index contributed by atoms with van der Waals surface area (Å²) in [4.78, 5) is 36.2. The van der Waals surface area contributed by atoms with Crippen molar-refractivity contribution in [1.82, 2.24) is 10.6 Å². The Bertz CT molecular complexity index is 987. The Morgan fingerprint density at radius 3 is 2.09 bits per heavy atom. The zero-order valence-electron chi connectivity index (χ0n) is 18.5. The highest BCUT2D eigenvalue weighted by Crippen LogP contribution is 2.44. The molecule has 0 spiro atoms. The minimum Gasteiger partial charge on any atom is -0.480 e. The first-order valence-electron chi connectivity index (χ1n) is 10.7. The second-order valence-electron chi connectivity index (χ2n) is 7.83. The lowest BCUT2D eigenvalue weighted by molar-refractivity contribution is -0.143. The van der Waals surface area contributed by atoms with Gasteiger partial charge in [-0.3, -0.25) is 4.79 Å². The van der Waals surface area contributed by atoms with Crippen molar-refractivity contribution < 1.29 is 37.7 Å². The van der Waals surface area contributed by atoms with Crippen LogP contribution in [0, 0.1) is 0 Å². The molecule has 2 amide bonds. The summed E-state index contributed by atoms with van der Waals surface area (Å²) in [5.74, 6) is -2.70. The number of alkyl carbamates (subject to hydrolysis) is 1. The molecular weight excluding hydrogens is 450 g/mol. The van der Waals surface area contributed by atoms with E-state index in [1.165, 1.54) is 7.11 Å². The van der Waals surface area contributed by atoms with Crippen molar-refractivity contribution in [3.8, 4) is 11.1 Å². The molecule has 34 heavy (non-hydrogen) atoms. The lowest BCUT2D eigenvalue weighted by Gasteiger charge is -2.21. The molecule has 2 aromatic rings. The number of rotatable bonds is 11. The van der Waals surface area contributed by atoms with E-state index in [0.717, 1.165) is 22.3 Å². The number of amides is 2. The smallest absolute Gasteiger partial charge is 0.407 e. The van der Waals surface area contributed by atoms with Gasteiger partial charge in [-0.1, -0.05) is 48.5 Å². The Morgan fingerprint density at radius 2 is 1.56 bits per heavy atom. The average Bonchev–Trinajstić information content (AvgIpc) is 3.13. The van der Waals surface area contributed by atoms with Gasteiger partial charge in [0, 0.05) is 32.5 Å². The normalized spacial score (nSPS) is 14.1. The van der Waals surface area contributed by atoms with Crippen molar-refractivity contribution in [1.29, 1.82) is 0 Å². The SMILES string of the molecule is COCCC(NC(=O)OCC1c2ccccc2-c2ccccc21)C(=O)NC(CC(F)F)C(=O)O. The fourth-order valence-corrected chi connectivity index (χ4v) is 3.96. The first-order chi connectivity index (χ1) is 16.3. The van der Waals surface area contributed by atoms with Gasteiger partial charge in [-0.15, -0.1) is 0 Å². The van der Waals surface area contributed by atoms with Crippen LogP contribution in [0.2, 0.25) is 0 Å². The molecule has 0 aromatic heterocycles. The Kier molecular flexibility index (Phi) is 8.53. The van der Waals surface area contributed by atoms with Gasteiger partial charge in [0.05, 0.1) is 0 Å². The summed E-state index contributed by atoms with van der Waals surface area (Å²) in [6.45, 7) is 0.0793. The fraction of sp³-hybridized carbons (Fsp3) is 0.375. The van der Waals surface area contributed by atoms with Gasteiger partial charge in [-0.25, -0.2) is 18.4 Å². The average molecular weight is 476 g/mol. The van der Waals surface area contributed by atoms with Crippen LogP contribution in [0.5, 0.6) is 0 Å². The highest BCUT2D eigenvalue weighted by Gasteiger charge is 2.31. The molecule has 0 radical (unpaired) electrons. The monoisotopic (exact) mass is 476 g/mol. The molecule has 2 aromatic carbocycles. The number of carbonyl (C=O) groups excluding carboxylic acids is 2. The number of nitrogens with one attached hydrogen (secondary N) is 2. The van der Waals surface area contributed by atoms with E-state index < -0.39 is 42.9 Å². The van der Waals surface area contributed by atoms with Crippen molar-refractivity contribution in [3.05, 3.63) is 59.7 Å². The fourth-order valence-electron chi connectivity index (χ4n) is 3.96. The molecule has 10 heteroatoms. The summed E-state index contributed by atoms with van der Waals surface area (Å²) in [6, 6.07) is 12.6. The van der Waals surface area contributed by atoms with Crippen LogP contribution in [0.1, 0.15) is 29.9 Å². The van der Waals surface area contributed by atoms with Gasteiger partial charge in [0.25, 0.3) is 0 Å². The molecule has 0 heterocycles. The summed E-state index contributed by atoms with van der Waals surface area (Å²) < 4.78 is 35.6. The number of ether oxygens (including phenoxy) is 2. The van der Waals surface area contributed by atoms with E-state index in [1.807, 2.05) is 53.8 Å². The molecule has 0 bridgehead atoms. The van der Waals surface area contributed by atoms with Gasteiger partial charge < -0.3 is 25.2 Å². The number of hydrogen-bond acceptors (Lipinski definition) is 5. The molecule has 0 fully saturated rings. The van der Waals surface area contributed by atoms with Crippen molar-refractivity contribution in [2.45, 2.75) is 37.3 Å². The Balaban J connectivity index is 1.65. The van der Waals surface area contributed by atoms with Gasteiger partial charge in [0.1, 0.15) is 18.7 Å². The number of carbonyl (C=O) groups is 3. The van der Waals surface area contributed by atoms with Crippen LogP contribution in [0.15, 0.2) is 48.5 Å². The predicted molar refractivity (Wildman–Crippen MR) is 119 cm³/mol. The molecule has 182 valence electrons. The van der Waals surface area contributed by atoms with Gasteiger partial charge in [0.15, 0.2) is 0 Å². The molecule has 8 nitrogen and oxygen atoms in total. The first kappa shape index (κ1) is 25.1. The standard InChI is InChI=1S/C24H26F2N2O6/c1-33-11-10-19(22(29)27-20(23(30)31)12-21(25)26)28-24(32)34-13-18-16-8-4-2-6-14(16)15-7-3-5-9-17(15)18/h2-9,18-21H,10-13H2,1H3,(H,27,29)(H,28,32)(H,30,31). The third-order valence-corrected chi connectivity index (χ3v) is 5.59. The van der Waals surface area contributed by atoms with E-state index in [2.05, 4.69) is 5.32 Å². The van der Waals surface area contributed by atoms with E-state index in [0.29, 0.717) is 0 Å². The van der Waals surface area contributed by atoms with Crippen molar-refractivity contribution in [3.63, 3.8) is 0 Å². The van der Waals surface area contributed by atoms with E-state index >= 15 is 0 Å². The lowest BCUT2D eigenvalue weighted by Crippen LogP contribution is -2.52. The molecule has 1 aliphatic carbocycles. The summed E-state index contributed by atoms with van der Waals surface area (Å²) >= 11 is 0. The van der Waals surface area contributed by atoms with Gasteiger partial charge in [-0.2, -0.15) is 0 Å². The summed E-state index contributed by atoms with van der Waals surface area (Å²) in [7, 11) is 1.39. The third-order valence-electron chi connectivity index (χ3n) is 5.59. The number of carboxylic acid groups (broad SMARTS) is 1. The Labute approximate surface area is 195 Å². The molecule has 2 atom stereocenters. The van der Waals surface area contributed by atoms with Crippen LogP contribution >= 0.6 is 0 Å². The molecule has 3 N–H and O–H groups in total. The molecule has 0 saturated carbocycles. The lowest BCUT2D eigenvalue weighted by atomic mass is 9.98. The summed E-state index contributed by atoms with van der Waals surface area (Å²) in [5, 5.41) is 13.5. The topological polar surface area (TPSA) is 114 Å². The molecule has 2 unspecified atom stereocenters. The number of halogens is 2. The quantitative estimate of drug-likeness (QED) is 0.459. The van der Waals surface area contributed by atoms with Crippen LogP contribution in [0.25, 0.3) is 11.1 Å². The van der Waals surface area contributed by atoms with Crippen molar-refractivity contribution >= 4 is 18.0 Å². The predicted octanol–water partition coefficient (Wildman–Crippen LogP) is 3.15. The van der Waals surface area contributed by atoms with E-state index in [1.54, 1.807) is 0 Å². The van der Waals surface area contributed by atoms with Crippen molar-refractivity contribution in [2.24, 2.45) is 0 Å². The second-order valence-corrected chi connectivity index (χ2v) is 7.83. The third kappa shape index (κ3) is 6.07. The number of benzene rings is 2. The van der Waals surface area contributed by atoms with E-state index in [-0.39, 0.29) is 25.6 Å². The Morgan fingerprint density at radius 1 is 0.971 bits per heavy atom. The largest absolute Gasteiger partial charge is 0.480 e. The van der Waals surface area contributed by atoms with E-state index in [9.17, 15) is 23.2 Å². The van der Waals surface area contributed by atoms with Crippen LogP contribution in [0.3, 0.4) is 0 Å². The van der Waals surface area contributed by atoms with E-state index in [4.69, 9.17) is 14.6 Å². The van der Waals surface area contributed by atoms with Crippen LogP contribution in [-0.2, 0) is 19.1 Å². The van der Waals surface area contributed by atoms with Gasteiger partial charge in [-0.05, 0) is 22.3 Å². The number of methoxy groups -OCH3 is 1. The molecule has 1 aliphatic rings. The van der Waals surface area contributed by atoms with Gasteiger partial charge in [0.2, 0.25) is 12.3 Å². The van der Waals surface area contributed by atoms with Crippen molar-refractivity contribution in [2.75, 3.05) is 20.3 Å². The first-order valence-corrected chi connectivity index (χ1v) is 10.7. The Hall–Kier alpha value is -3.53. The maximum Gasteiger partial charge on any atom is 0.407 e. The number of hydrogen-bond donors (Lipinski definition) is 3. The molecule has 0 saturated heterocycles. The summed E-state index contributed by atoms with van der Waals surface area (Å²) in [6.07, 6.45) is -4.87. The molecular formula is C24H26F2N2O6. The maximum atomic E-state index is 12.6. The molecule has 3 rings (SSSR count). The minimum absolute atomic E-state index is 0.00640. The number of alkyl halides is 2. The zero-order valence-corrected chi connectivity index (χ0v) is 18.5. The number of fused-ring (bicyclic) bond motifs is 3. The second kappa shape index (κ2) is 11.6. The maximum absolute atomic E-state index is 12.6. The zero-order chi connectivity index (χ0) is 24.7. The van der Waals surface area contributed by atoms with Gasteiger partial charge >= 0.3 is 12.1 Å². The minimum atomic E-state index is -2.92.